The largest absolute Gasteiger partial charge is 0.512 e. The van der Waals surface area contributed by atoms with E-state index in [1.165, 1.54) is 12.1 Å². The van der Waals surface area contributed by atoms with Crippen LogP contribution in [0.4, 0.5) is 4.39 Å². The minimum atomic E-state index is -0.345. The highest BCUT2D eigenvalue weighted by molar-refractivity contribution is 5.52. The minimum absolute atomic E-state index is 0.183. The van der Waals surface area contributed by atoms with E-state index in [9.17, 15) is 9.50 Å². The fourth-order valence-electron chi connectivity index (χ4n) is 0.956. The molecule has 0 bridgehead atoms. The normalized spacial score (nSPS) is 13.0. The van der Waals surface area contributed by atoms with Gasteiger partial charge in [0.25, 0.3) is 0 Å². The van der Waals surface area contributed by atoms with Crippen molar-refractivity contribution in [1.82, 2.24) is 0 Å². The SMILES string of the molecule is CC(C)(C)/C(O)=C/c1ccccc1F. The lowest BCUT2D eigenvalue weighted by Gasteiger charge is -2.17. The highest BCUT2D eigenvalue weighted by atomic mass is 19.1. The maximum Gasteiger partial charge on any atom is 0.130 e. The second kappa shape index (κ2) is 3.82. The van der Waals surface area contributed by atoms with Gasteiger partial charge in [-0.3, -0.25) is 0 Å². The van der Waals surface area contributed by atoms with Crippen molar-refractivity contribution in [3.05, 3.63) is 41.4 Å². The molecule has 0 amide bonds. The number of allylic oxidation sites excluding steroid dienone is 1. The lowest BCUT2D eigenvalue weighted by Crippen LogP contribution is -2.08. The van der Waals surface area contributed by atoms with Crippen LogP contribution >= 0.6 is 0 Å². The zero-order valence-corrected chi connectivity index (χ0v) is 8.71. The molecule has 1 aromatic carbocycles. The van der Waals surface area contributed by atoms with Gasteiger partial charge in [-0.15, -0.1) is 0 Å². The van der Waals surface area contributed by atoms with Gasteiger partial charge in [-0.05, 0) is 12.1 Å². The molecule has 0 radical (unpaired) electrons. The Bertz CT molecular complexity index is 348. The molecule has 14 heavy (non-hydrogen) atoms. The van der Waals surface area contributed by atoms with E-state index in [2.05, 4.69) is 0 Å². The Hall–Kier alpha value is -1.31. The number of halogens is 1. The monoisotopic (exact) mass is 194 g/mol. The fourth-order valence-corrected chi connectivity index (χ4v) is 0.956. The van der Waals surface area contributed by atoms with Crippen LogP contribution < -0.4 is 0 Å². The predicted octanol–water partition coefficient (Wildman–Crippen LogP) is 3.77. The van der Waals surface area contributed by atoms with Gasteiger partial charge in [0.1, 0.15) is 5.82 Å². The molecule has 0 aromatic heterocycles. The summed E-state index contributed by atoms with van der Waals surface area (Å²) in [5, 5.41) is 9.66. The molecule has 76 valence electrons. The third-order valence-electron chi connectivity index (χ3n) is 1.97. The zero-order valence-electron chi connectivity index (χ0n) is 8.71. The Balaban J connectivity index is 3.04. The summed E-state index contributed by atoms with van der Waals surface area (Å²) in [6, 6.07) is 6.38. The smallest absolute Gasteiger partial charge is 0.130 e. The highest BCUT2D eigenvalue weighted by Crippen LogP contribution is 2.25. The van der Waals surface area contributed by atoms with Crippen LogP contribution in [0.15, 0.2) is 30.0 Å². The van der Waals surface area contributed by atoms with E-state index >= 15 is 0 Å². The molecule has 1 aromatic rings. The third kappa shape index (κ3) is 2.59. The summed E-state index contributed by atoms with van der Waals surface area (Å²) in [6.45, 7) is 5.62. The van der Waals surface area contributed by atoms with Crippen molar-refractivity contribution in [2.45, 2.75) is 20.8 Å². The van der Waals surface area contributed by atoms with Crippen molar-refractivity contribution in [2.24, 2.45) is 5.41 Å². The molecule has 0 aliphatic rings. The van der Waals surface area contributed by atoms with Gasteiger partial charge in [0.15, 0.2) is 0 Å². The molecule has 0 fully saturated rings. The van der Waals surface area contributed by atoms with E-state index in [-0.39, 0.29) is 17.0 Å². The van der Waals surface area contributed by atoms with Gasteiger partial charge in [-0.25, -0.2) is 4.39 Å². The van der Waals surface area contributed by atoms with Crippen LogP contribution in [-0.4, -0.2) is 5.11 Å². The first kappa shape index (κ1) is 10.8. The first-order chi connectivity index (χ1) is 6.41. The van der Waals surface area contributed by atoms with Crippen LogP contribution in [0.1, 0.15) is 26.3 Å². The summed E-state index contributed by atoms with van der Waals surface area (Å²) in [5.74, 6) is -0.133. The van der Waals surface area contributed by atoms with Gasteiger partial charge in [0.05, 0.1) is 5.76 Å². The average molecular weight is 194 g/mol. The molecule has 1 N–H and O–H groups in total. The van der Waals surface area contributed by atoms with Crippen LogP contribution in [0.25, 0.3) is 6.08 Å². The van der Waals surface area contributed by atoms with Gasteiger partial charge >= 0.3 is 0 Å². The number of aliphatic hydroxyl groups excluding tert-OH is 1. The number of rotatable bonds is 1. The number of hydrogen-bond acceptors (Lipinski definition) is 1. The molecule has 0 saturated heterocycles. The second-order valence-corrected chi connectivity index (χ2v) is 4.30. The Morgan fingerprint density at radius 3 is 2.36 bits per heavy atom. The summed E-state index contributed by atoms with van der Waals surface area (Å²) in [6.07, 6.45) is 1.47. The molecule has 1 nitrogen and oxygen atoms in total. The molecule has 0 unspecified atom stereocenters. The fraction of sp³-hybridized carbons (Fsp3) is 0.333. The number of aliphatic hydroxyl groups is 1. The van der Waals surface area contributed by atoms with Crippen LogP contribution in [0.3, 0.4) is 0 Å². The Kier molecular flexibility index (Phi) is 2.94. The molecule has 0 aliphatic heterocycles. The Morgan fingerprint density at radius 2 is 1.86 bits per heavy atom. The van der Waals surface area contributed by atoms with Crippen LogP contribution in [0.5, 0.6) is 0 Å². The molecule has 0 spiro atoms. The van der Waals surface area contributed by atoms with Crippen molar-refractivity contribution < 1.29 is 9.50 Å². The summed E-state index contributed by atoms with van der Waals surface area (Å²) in [7, 11) is 0. The van der Waals surface area contributed by atoms with E-state index < -0.39 is 0 Å². The highest BCUT2D eigenvalue weighted by Gasteiger charge is 2.16. The molecule has 0 heterocycles. The number of hydrogen-bond donors (Lipinski definition) is 1. The van der Waals surface area contributed by atoms with E-state index in [4.69, 9.17) is 0 Å². The van der Waals surface area contributed by atoms with Crippen LogP contribution in [0.2, 0.25) is 0 Å². The van der Waals surface area contributed by atoms with E-state index in [1.54, 1.807) is 18.2 Å². The Labute approximate surface area is 83.9 Å². The van der Waals surface area contributed by atoms with Gasteiger partial charge in [0, 0.05) is 11.0 Å². The molecule has 1 rings (SSSR count). The van der Waals surface area contributed by atoms with Gasteiger partial charge in [-0.2, -0.15) is 0 Å². The van der Waals surface area contributed by atoms with Crippen LogP contribution in [0, 0.1) is 11.2 Å². The first-order valence-corrected chi connectivity index (χ1v) is 4.57. The summed E-state index contributed by atoms with van der Waals surface area (Å²) >= 11 is 0. The van der Waals surface area contributed by atoms with Crippen molar-refractivity contribution >= 4 is 6.08 Å². The zero-order chi connectivity index (χ0) is 10.8. The van der Waals surface area contributed by atoms with Crippen LogP contribution in [-0.2, 0) is 0 Å². The van der Waals surface area contributed by atoms with Crippen molar-refractivity contribution in [3.8, 4) is 0 Å². The minimum Gasteiger partial charge on any atom is -0.512 e. The van der Waals surface area contributed by atoms with Gasteiger partial charge < -0.3 is 5.11 Å². The molecule has 0 aliphatic carbocycles. The van der Waals surface area contributed by atoms with Crippen molar-refractivity contribution in [3.63, 3.8) is 0 Å². The maximum absolute atomic E-state index is 13.2. The first-order valence-electron chi connectivity index (χ1n) is 4.57. The molecule has 0 atom stereocenters. The predicted molar refractivity (Wildman–Crippen MR) is 56.5 cm³/mol. The molecular formula is C12H15FO. The van der Waals surface area contributed by atoms with E-state index in [0.29, 0.717) is 5.56 Å². The van der Waals surface area contributed by atoms with Gasteiger partial charge in [-0.1, -0.05) is 39.0 Å². The summed E-state index contributed by atoms with van der Waals surface area (Å²) < 4.78 is 13.2. The molecular weight excluding hydrogens is 179 g/mol. The topological polar surface area (TPSA) is 20.2 Å². The van der Waals surface area contributed by atoms with Crippen molar-refractivity contribution in [1.29, 1.82) is 0 Å². The maximum atomic E-state index is 13.2. The summed E-state index contributed by atoms with van der Waals surface area (Å²) in [5.41, 5.74) is 0.0716. The molecule has 2 heteroatoms. The third-order valence-corrected chi connectivity index (χ3v) is 1.97. The summed E-state index contributed by atoms with van der Waals surface area (Å²) in [4.78, 5) is 0. The molecule has 0 saturated carbocycles. The van der Waals surface area contributed by atoms with E-state index in [1.807, 2.05) is 20.8 Å². The standard InChI is InChI=1S/C12H15FO/c1-12(2,3)11(14)8-9-6-4-5-7-10(9)13/h4-8,14H,1-3H3/b11-8-. The van der Waals surface area contributed by atoms with Gasteiger partial charge in [0.2, 0.25) is 0 Å². The Morgan fingerprint density at radius 1 is 1.29 bits per heavy atom. The lowest BCUT2D eigenvalue weighted by atomic mass is 9.92. The lowest BCUT2D eigenvalue weighted by molar-refractivity contribution is 0.282. The van der Waals surface area contributed by atoms with E-state index in [0.717, 1.165) is 0 Å². The van der Waals surface area contributed by atoms with Crippen molar-refractivity contribution in [2.75, 3.05) is 0 Å². The second-order valence-electron chi connectivity index (χ2n) is 4.30. The number of benzene rings is 1. The average Bonchev–Trinajstić information content (AvgIpc) is 2.07. The quantitative estimate of drug-likeness (QED) is 0.675.